The van der Waals surface area contributed by atoms with Gasteiger partial charge in [0, 0.05) is 28.4 Å². The molecular formula is C23H30N3O2S+. The Kier molecular flexibility index (Phi) is 6.31. The molecule has 4 rings (SSSR count). The van der Waals surface area contributed by atoms with Crippen LogP contribution < -0.4 is 19.4 Å². The number of rotatable bonds is 4. The van der Waals surface area contributed by atoms with E-state index < -0.39 is 0 Å². The molecule has 5 nitrogen and oxygen atoms in total. The molecule has 1 amide bonds. The number of fused-ring (bicyclic) bond motifs is 1. The molecule has 154 valence electrons. The molecule has 0 bridgehead atoms. The van der Waals surface area contributed by atoms with Gasteiger partial charge in [-0.1, -0.05) is 25.1 Å². The number of carbonyl (C=O) groups excluding carboxylic acids is 1. The normalized spacial score (nSPS) is 20.1. The van der Waals surface area contributed by atoms with Crippen molar-refractivity contribution in [1.29, 1.82) is 0 Å². The van der Waals surface area contributed by atoms with Crippen molar-refractivity contribution >= 4 is 29.0 Å². The average Bonchev–Trinajstić information content (AvgIpc) is 2.92. The summed E-state index contributed by atoms with van der Waals surface area (Å²) in [6.45, 7) is 7.50. The van der Waals surface area contributed by atoms with E-state index in [1.165, 1.54) is 15.5 Å². The van der Waals surface area contributed by atoms with E-state index >= 15 is 0 Å². The Balaban J connectivity index is 1.37. The number of methoxy groups -OCH3 is 1. The van der Waals surface area contributed by atoms with Crippen molar-refractivity contribution in [2.45, 2.75) is 23.5 Å². The maximum atomic E-state index is 13.2. The number of ether oxygens (including phenoxy) is 1. The van der Waals surface area contributed by atoms with E-state index in [0.29, 0.717) is 11.8 Å². The Morgan fingerprint density at radius 3 is 2.72 bits per heavy atom. The zero-order valence-corrected chi connectivity index (χ0v) is 18.1. The van der Waals surface area contributed by atoms with Gasteiger partial charge in [-0.3, -0.25) is 4.79 Å². The fourth-order valence-corrected chi connectivity index (χ4v) is 5.23. The van der Waals surface area contributed by atoms with Gasteiger partial charge in [0.25, 0.3) is 5.91 Å². The van der Waals surface area contributed by atoms with E-state index in [0.717, 1.165) is 50.6 Å². The number of benzene rings is 2. The lowest BCUT2D eigenvalue weighted by molar-refractivity contribution is -0.892. The van der Waals surface area contributed by atoms with Crippen LogP contribution in [0, 0.1) is 0 Å². The highest BCUT2D eigenvalue weighted by molar-refractivity contribution is 8.00. The molecule has 0 aliphatic carbocycles. The molecule has 2 aromatic carbocycles. The molecule has 0 saturated carbocycles. The number of nitrogens with one attached hydrogen (secondary N) is 1. The van der Waals surface area contributed by atoms with Crippen molar-refractivity contribution in [3.8, 4) is 5.75 Å². The minimum atomic E-state index is 0.247. The largest absolute Gasteiger partial charge is 0.497 e. The van der Waals surface area contributed by atoms with Crippen LogP contribution in [0.4, 0.5) is 11.4 Å². The number of hydrogen-bond acceptors (Lipinski definition) is 4. The topological polar surface area (TPSA) is 37.2 Å². The third-order valence-electron chi connectivity index (χ3n) is 5.83. The summed E-state index contributed by atoms with van der Waals surface area (Å²) in [7, 11) is 1.70. The van der Waals surface area contributed by atoms with Crippen molar-refractivity contribution in [2.75, 3.05) is 56.2 Å². The van der Waals surface area contributed by atoms with Gasteiger partial charge in [0.05, 0.1) is 39.0 Å². The van der Waals surface area contributed by atoms with Crippen LogP contribution >= 0.6 is 11.8 Å². The molecule has 2 heterocycles. The smallest absolute Gasteiger partial charge is 0.282 e. The van der Waals surface area contributed by atoms with Gasteiger partial charge < -0.3 is 19.4 Å². The molecule has 2 aliphatic rings. The summed E-state index contributed by atoms with van der Waals surface area (Å²) in [6, 6.07) is 16.6. The van der Waals surface area contributed by atoms with Crippen molar-refractivity contribution in [2.24, 2.45) is 0 Å². The Morgan fingerprint density at radius 1 is 1.14 bits per heavy atom. The summed E-state index contributed by atoms with van der Waals surface area (Å²) in [4.78, 5) is 20.2. The molecule has 0 unspecified atom stereocenters. The molecule has 1 fully saturated rings. The highest BCUT2D eigenvalue weighted by Gasteiger charge is 2.28. The first-order valence-electron chi connectivity index (χ1n) is 10.4. The van der Waals surface area contributed by atoms with E-state index in [2.05, 4.69) is 42.2 Å². The molecule has 1 saturated heterocycles. The molecule has 1 atom stereocenters. The minimum absolute atomic E-state index is 0.247. The van der Waals surface area contributed by atoms with Crippen LogP contribution in [0.15, 0.2) is 53.4 Å². The number of piperazine rings is 1. The van der Waals surface area contributed by atoms with Gasteiger partial charge in [-0.2, -0.15) is 0 Å². The molecule has 2 aromatic rings. The van der Waals surface area contributed by atoms with Gasteiger partial charge in [-0.05, 0) is 30.7 Å². The van der Waals surface area contributed by atoms with Gasteiger partial charge in [-0.25, -0.2) is 0 Å². The molecule has 29 heavy (non-hydrogen) atoms. The first kappa shape index (κ1) is 20.1. The quantitative estimate of drug-likeness (QED) is 0.836. The standard InChI is InChI=1S/C23H29N3O2S/c1-18-10-11-26(21-8-3-4-9-22(21)29-18)23(27)17-24-12-14-25(15-13-24)19-6-5-7-20(16-19)28-2/h3-9,16,18H,10-15,17H2,1-2H3/p+1/t18-/m0/s1. The van der Waals surface area contributed by atoms with E-state index in [4.69, 9.17) is 4.74 Å². The third-order valence-corrected chi connectivity index (χ3v) is 7.07. The van der Waals surface area contributed by atoms with E-state index in [9.17, 15) is 4.79 Å². The van der Waals surface area contributed by atoms with Crippen LogP contribution in [0.5, 0.6) is 5.75 Å². The number of quaternary nitrogens is 1. The second-order valence-electron chi connectivity index (χ2n) is 7.85. The summed E-state index contributed by atoms with van der Waals surface area (Å²) in [6.07, 6.45) is 1.03. The highest BCUT2D eigenvalue weighted by atomic mass is 32.2. The Bertz CT molecular complexity index is 852. The number of nitrogens with zero attached hydrogens (tertiary/aromatic N) is 2. The maximum Gasteiger partial charge on any atom is 0.282 e. The van der Waals surface area contributed by atoms with Gasteiger partial charge in [0.2, 0.25) is 0 Å². The monoisotopic (exact) mass is 412 g/mol. The predicted molar refractivity (Wildman–Crippen MR) is 120 cm³/mol. The minimum Gasteiger partial charge on any atom is -0.497 e. The first-order chi connectivity index (χ1) is 14.1. The Hall–Kier alpha value is -2.18. The van der Waals surface area contributed by atoms with Crippen molar-refractivity contribution in [3.05, 3.63) is 48.5 Å². The first-order valence-corrected chi connectivity index (χ1v) is 11.3. The zero-order chi connectivity index (χ0) is 20.2. The summed E-state index contributed by atoms with van der Waals surface area (Å²) in [5.74, 6) is 1.14. The van der Waals surface area contributed by atoms with Crippen LogP contribution in [-0.2, 0) is 4.79 Å². The number of amides is 1. The van der Waals surface area contributed by atoms with Crippen molar-refractivity contribution < 1.29 is 14.4 Å². The Morgan fingerprint density at radius 2 is 1.93 bits per heavy atom. The van der Waals surface area contributed by atoms with Gasteiger partial charge in [0.15, 0.2) is 6.54 Å². The van der Waals surface area contributed by atoms with Crippen LogP contribution in [0.3, 0.4) is 0 Å². The van der Waals surface area contributed by atoms with E-state index in [-0.39, 0.29) is 5.91 Å². The predicted octanol–water partition coefficient (Wildman–Crippen LogP) is 2.32. The molecule has 1 N–H and O–H groups in total. The fourth-order valence-electron chi connectivity index (χ4n) is 4.12. The maximum absolute atomic E-state index is 13.2. The summed E-state index contributed by atoms with van der Waals surface area (Å²) in [5.41, 5.74) is 2.28. The SMILES string of the molecule is COc1cccc(N2CC[NH+](CC(=O)N3CC[C@H](C)Sc4ccccc43)CC2)c1. The molecule has 0 aromatic heterocycles. The van der Waals surface area contributed by atoms with Crippen LogP contribution in [0.25, 0.3) is 0 Å². The number of carbonyl (C=O) groups is 1. The summed E-state index contributed by atoms with van der Waals surface area (Å²) < 4.78 is 5.35. The number of hydrogen-bond donors (Lipinski definition) is 1. The molecular weight excluding hydrogens is 382 g/mol. The highest BCUT2D eigenvalue weighted by Crippen LogP contribution is 2.37. The lowest BCUT2D eigenvalue weighted by Gasteiger charge is -2.34. The number of thioether (sulfide) groups is 1. The summed E-state index contributed by atoms with van der Waals surface area (Å²) in [5, 5.41) is 0.535. The molecule has 0 radical (unpaired) electrons. The lowest BCUT2D eigenvalue weighted by Crippen LogP contribution is -3.16. The number of para-hydroxylation sites is 1. The number of anilines is 2. The van der Waals surface area contributed by atoms with Crippen molar-refractivity contribution in [3.63, 3.8) is 0 Å². The van der Waals surface area contributed by atoms with Gasteiger partial charge in [-0.15, -0.1) is 11.8 Å². The fraction of sp³-hybridized carbons (Fsp3) is 0.435. The average molecular weight is 413 g/mol. The molecule has 2 aliphatic heterocycles. The second-order valence-corrected chi connectivity index (χ2v) is 9.33. The Labute approximate surface area is 177 Å². The third kappa shape index (κ3) is 4.70. The van der Waals surface area contributed by atoms with Crippen LogP contribution in [0.1, 0.15) is 13.3 Å². The van der Waals surface area contributed by atoms with E-state index in [1.54, 1.807) is 7.11 Å². The van der Waals surface area contributed by atoms with Gasteiger partial charge in [0.1, 0.15) is 5.75 Å². The van der Waals surface area contributed by atoms with E-state index in [1.807, 2.05) is 34.9 Å². The lowest BCUT2D eigenvalue weighted by atomic mass is 10.2. The molecule has 0 spiro atoms. The molecule has 6 heteroatoms. The van der Waals surface area contributed by atoms with Gasteiger partial charge >= 0.3 is 0 Å². The van der Waals surface area contributed by atoms with Crippen LogP contribution in [0.2, 0.25) is 0 Å². The van der Waals surface area contributed by atoms with Crippen LogP contribution in [-0.4, -0.2) is 57.5 Å². The second kappa shape index (κ2) is 9.09. The zero-order valence-electron chi connectivity index (χ0n) is 17.3. The summed E-state index contributed by atoms with van der Waals surface area (Å²) >= 11 is 1.88. The van der Waals surface area contributed by atoms with Crippen molar-refractivity contribution in [1.82, 2.24) is 0 Å².